The topological polar surface area (TPSA) is 46.5 Å². The molecule has 3 nitrogen and oxygen atoms in total. The number of unbranched alkanes of at least 4 members (excludes halogenated alkanes) is 1. The van der Waals surface area contributed by atoms with Crippen LogP contribution < -0.4 is 0 Å². The van der Waals surface area contributed by atoms with E-state index in [1.165, 1.54) is 0 Å². The Morgan fingerprint density at radius 2 is 1.89 bits per heavy atom. The highest BCUT2D eigenvalue weighted by Gasteiger charge is 2.16. The highest BCUT2D eigenvalue weighted by atomic mass is 16.5. The molecule has 0 saturated carbocycles. The second-order valence-electron chi connectivity index (χ2n) is 4.86. The minimum Gasteiger partial charge on any atom is -0.508 e. The average Bonchev–Trinajstić information content (AvgIpc) is 2.39. The zero-order chi connectivity index (χ0) is 14.1. The third-order valence-electron chi connectivity index (χ3n) is 3.18. The van der Waals surface area contributed by atoms with Gasteiger partial charge in [-0.2, -0.15) is 0 Å². The Labute approximate surface area is 115 Å². The van der Waals surface area contributed by atoms with E-state index in [1.54, 1.807) is 12.1 Å². The van der Waals surface area contributed by atoms with E-state index in [2.05, 4.69) is 13.8 Å². The minimum atomic E-state index is -0.125. The van der Waals surface area contributed by atoms with Crippen molar-refractivity contribution < 1.29 is 14.6 Å². The van der Waals surface area contributed by atoms with Crippen molar-refractivity contribution in [2.75, 3.05) is 6.61 Å². The van der Waals surface area contributed by atoms with E-state index < -0.39 is 0 Å². The molecule has 0 saturated heterocycles. The molecule has 0 aliphatic rings. The second kappa shape index (κ2) is 8.57. The van der Waals surface area contributed by atoms with Gasteiger partial charge in [-0.05, 0) is 36.5 Å². The van der Waals surface area contributed by atoms with Crippen molar-refractivity contribution in [2.24, 2.45) is 0 Å². The SMILES string of the molecule is CCCCOC(=O)CC(CCC)c1ccc(O)cc1. The van der Waals surface area contributed by atoms with E-state index in [-0.39, 0.29) is 17.6 Å². The van der Waals surface area contributed by atoms with Crippen molar-refractivity contribution in [1.82, 2.24) is 0 Å². The largest absolute Gasteiger partial charge is 0.508 e. The standard InChI is InChI=1S/C16H24O3/c1-3-5-11-19-16(18)12-14(6-4-2)13-7-9-15(17)10-8-13/h7-10,14,17H,3-6,11-12H2,1-2H3. The van der Waals surface area contributed by atoms with Gasteiger partial charge in [-0.15, -0.1) is 0 Å². The van der Waals surface area contributed by atoms with Crippen LogP contribution in [0.3, 0.4) is 0 Å². The minimum absolute atomic E-state index is 0.125. The van der Waals surface area contributed by atoms with Gasteiger partial charge in [0.05, 0.1) is 13.0 Å². The summed E-state index contributed by atoms with van der Waals surface area (Å²) in [6.45, 7) is 4.70. The lowest BCUT2D eigenvalue weighted by atomic mass is 9.91. The molecule has 19 heavy (non-hydrogen) atoms. The van der Waals surface area contributed by atoms with Crippen LogP contribution in [-0.2, 0) is 9.53 Å². The molecule has 0 aromatic heterocycles. The summed E-state index contributed by atoms with van der Waals surface area (Å²) in [5, 5.41) is 9.30. The predicted molar refractivity (Wildman–Crippen MR) is 76.2 cm³/mol. The van der Waals surface area contributed by atoms with E-state index in [0.717, 1.165) is 31.2 Å². The van der Waals surface area contributed by atoms with Crippen LogP contribution in [0.2, 0.25) is 0 Å². The molecule has 1 unspecified atom stereocenters. The Hall–Kier alpha value is -1.51. The molecule has 1 aromatic carbocycles. The molecule has 1 atom stereocenters. The Morgan fingerprint density at radius 3 is 2.47 bits per heavy atom. The average molecular weight is 264 g/mol. The number of benzene rings is 1. The maximum absolute atomic E-state index is 11.8. The molecule has 0 amide bonds. The molecule has 0 aliphatic heterocycles. The summed E-state index contributed by atoms with van der Waals surface area (Å²) in [7, 11) is 0. The lowest BCUT2D eigenvalue weighted by molar-refractivity contribution is -0.144. The molecule has 106 valence electrons. The third kappa shape index (κ3) is 5.77. The lowest BCUT2D eigenvalue weighted by Crippen LogP contribution is -2.11. The highest BCUT2D eigenvalue weighted by Crippen LogP contribution is 2.26. The molecular formula is C16H24O3. The molecule has 0 heterocycles. The Morgan fingerprint density at radius 1 is 1.21 bits per heavy atom. The van der Waals surface area contributed by atoms with Gasteiger partial charge in [-0.25, -0.2) is 0 Å². The first-order valence-electron chi connectivity index (χ1n) is 7.11. The fraction of sp³-hybridized carbons (Fsp3) is 0.562. The highest BCUT2D eigenvalue weighted by molar-refractivity contribution is 5.70. The Kier molecular flexibility index (Phi) is 7.01. The summed E-state index contributed by atoms with van der Waals surface area (Å²) in [5.41, 5.74) is 1.09. The van der Waals surface area contributed by atoms with Crippen molar-refractivity contribution in [1.29, 1.82) is 0 Å². The zero-order valence-corrected chi connectivity index (χ0v) is 11.9. The smallest absolute Gasteiger partial charge is 0.306 e. The number of ether oxygens (including phenoxy) is 1. The van der Waals surface area contributed by atoms with Crippen LogP contribution in [0, 0.1) is 0 Å². The van der Waals surface area contributed by atoms with Crippen molar-refractivity contribution in [3.63, 3.8) is 0 Å². The zero-order valence-electron chi connectivity index (χ0n) is 11.9. The van der Waals surface area contributed by atoms with E-state index in [1.807, 2.05) is 12.1 Å². The Balaban J connectivity index is 2.57. The van der Waals surface area contributed by atoms with Gasteiger partial charge in [0.25, 0.3) is 0 Å². The first-order valence-corrected chi connectivity index (χ1v) is 7.11. The molecule has 0 radical (unpaired) electrons. The number of carbonyl (C=O) groups is 1. The van der Waals surface area contributed by atoms with Crippen LogP contribution >= 0.6 is 0 Å². The molecule has 0 fully saturated rings. The number of esters is 1. The molecule has 0 spiro atoms. The number of rotatable bonds is 8. The van der Waals surface area contributed by atoms with E-state index in [9.17, 15) is 9.90 Å². The fourth-order valence-electron chi connectivity index (χ4n) is 2.07. The summed E-state index contributed by atoms with van der Waals surface area (Å²) in [6.07, 6.45) is 4.34. The third-order valence-corrected chi connectivity index (χ3v) is 3.18. The summed E-state index contributed by atoms with van der Waals surface area (Å²) in [6, 6.07) is 7.10. The molecular weight excluding hydrogens is 240 g/mol. The maximum atomic E-state index is 11.8. The second-order valence-corrected chi connectivity index (χ2v) is 4.86. The van der Waals surface area contributed by atoms with Gasteiger partial charge >= 0.3 is 5.97 Å². The summed E-state index contributed by atoms with van der Waals surface area (Å²) in [4.78, 5) is 11.8. The number of hydrogen-bond acceptors (Lipinski definition) is 3. The quantitative estimate of drug-likeness (QED) is 0.570. The number of carbonyl (C=O) groups excluding carboxylic acids is 1. The van der Waals surface area contributed by atoms with E-state index in [0.29, 0.717) is 13.0 Å². The summed E-state index contributed by atoms with van der Waals surface area (Å²) < 4.78 is 5.22. The molecule has 0 bridgehead atoms. The number of hydrogen-bond donors (Lipinski definition) is 1. The number of phenolic OH excluding ortho intramolecular Hbond substituents is 1. The van der Waals surface area contributed by atoms with Crippen LogP contribution in [-0.4, -0.2) is 17.7 Å². The number of aromatic hydroxyl groups is 1. The molecule has 3 heteroatoms. The first-order chi connectivity index (χ1) is 9.17. The van der Waals surface area contributed by atoms with Gasteiger partial charge in [0.2, 0.25) is 0 Å². The van der Waals surface area contributed by atoms with Gasteiger partial charge in [0.1, 0.15) is 5.75 Å². The number of phenols is 1. The lowest BCUT2D eigenvalue weighted by Gasteiger charge is -2.16. The van der Waals surface area contributed by atoms with Crippen LogP contribution in [0.4, 0.5) is 0 Å². The van der Waals surface area contributed by atoms with Gasteiger partial charge < -0.3 is 9.84 Å². The molecule has 1 N–H and O–H groups in total. The normalized spacial score (nSPS) is 12.1. The van der Waals surface area contributed by atoms with Gasteiger partial charge in [0.15, 0.2) is 0 Å². The predicted octanol–water partition coefficient (Wildman–Crippen LogP) is 4.01. The van der Waals surface area contributed by atoms with E-state index >= 15 is 0 Å². The summed E-state index contributed by atoms with van der Waals surface area (Å²) >= 11 is 0. The monoisotopic (exact) mass is 264 g/mol. The van der Waals surface area contributed by atoms with Crippen molar-refractivity contribution >= 4 is 5.97 Å². The Bertz CT molecular complexity index is 370. The van der Waals surface area contributed by atoms with E-state index in [4.69, 9.17) is 4.74 Å². The fourth-order valence-corrected chi connectivity index (χ4v) is 2.07. The molecule has 0 aliphatic carbocycles. The van der Waals surface area contributed by atoms with Gasteiger partial charge in [0, 0.05) is 0 Å². The maximum Gasteiger partial charge on any atom is 0.306 e. The van der Waals surface area contributed by atoms with Gasteiger partial charge in [-0.3, -0.25) is 4.79 Å². The van der Waals surface area contributed by atoms with Crippen molar-refractivity contribution in [2.45, 2.75) is 51.9 Å². The van der Waals surface area contributed by atoms with Gasteiger partial charge in [-0.1, -0.05) is 38.8 Å². The van der Waals surface area contributed by atoms with Crippen LogP contribution in [0.25, 0.3) is 0 Å². The summed E-state index contributed by atoms with van der Waals surface area (Å²) in [5.74, 6) is 0.309. The first kappa shape index (κ1) is 15.5. The van der Waals surface area contributed by atoms with Crippen LogP contribution in [0.5, 0.6) is 5.75 Å². The van der Waals surface area contributed by atoms with Crippen molar-refractivity contribution in [3.8, 4) is 5.75 Å². The molecule has 1 aromatic rings. The van der Waals surface area contributed by atoms with Crippen LogP contribution in [0.15, 0.2) is 24.3 Å². The van der Waals surface area contributed by atoms with Crippen LogP contribution in [0.1, 0.15) is 57.4 Å². The molecule has 1 rings (SSSR count). The van der Waals surface area contributed by atoms with Crippen molar-refractivity contribution in [3.05, 3.63) is 29.8 Å².